The van der Waals surface area contributed by atoms with E-state index in [4.69, 9.17) is 4.74 Å². The lowest BCUT2D eigenvalue weighted by atomic mass is 10.1. The van der Waals surface area contributed by atoms with E-state index in [1.54, 1.807) is 4.90 Å². The van der Waals surface area contributed by atoms with Crippen molar-refractivity contribution in [2.24, 2.45) is 0 Å². The minimum absolute atomic E-state index is 0.00807. The Balaban J connectivity index is 1.56. The molecule has 0 spiro atoms. The van der Waals surface area contributed by atoms with Crippen molar-refractivity contribution in [2.45, 2.75) is 25.8 Å². The van der Waals surface area contributed by atoms with Gasteiger partial charge in [-0.15, -0.1) is 0 Å². The molecule has 2 saturated heterocycles. The minimum atomic E-state index is -0.356. The van der Waals surface area contributed by atoms with E-state index in [0.717, 1.165) is 11.3 Å². The zero-order valence-electron chi connectivity index (χ0n) is 13.7. The summed E-state index contributed by atoms with van der Waals surface area (Å²) >= 11 is 0. The highest BCUT2D eigenvalue weighted by Crippen LogP contribution is 2.20. The SMILES string of the molecule is CCOc1ccc(CC(=O)N2CCC(N3C(=O)CNC3=O)C2)cc1. The van der Waals surface area contributed by atoms with Gasteiger partial charge in [-0.25, -0.2) is 4.79 Å². The number of imide groups is 1. The summed E-state index contributed by atoms with van der Waals surface area (Å²) in [7, 11) is 0. The molecular formula is C17H21N3O4. The van der Waals surface area contributed by atoms with Crippen molar-refractivity contribution in [2.75, 3.05) is 26.2 Å². The fourth-order valence-corrected chi connectivity index (χ4v) is 3.14. The van der Waals surface area contributed by atoms with E-state index in [1.165, 1.54) is 4.90 Å². The molecule has 2 heterocycles. The Morgan fingerprint density at radius 3 is 2.67 bits per heavy atom. The molecule has 1 aromatic carbocycles. The van der Waals surface area contributed by atoms with Crippen molar-refractivity contribution < 1.29 is 19.1 Å². The molecule has 1 atom stereocenters. The Morgan fingerprint density at radius 2 is 2.04 bits per heavy atom. The number of urea groups is 1. The van der Waals surface area contributed by atoms with Crippen LogP contribution in [0.3, 0.4) is 0 Å². The maximum absolute atomic E-state index is 12.4. The Bertz CT molecular complexity index is 628. The van der Waals surface area contributed by atoms with Gasteiger partial charge in [0.1, 0.15) is 5.75 Å². The van der Waals surface area contributed by atoms with E-state index in [2.05, 4.69) is 5.32 Å². The number of ether oxygens (including phenoxy) is 1. The fourth-order valence-electron chi connectivity index (χ4n) is 3.14. The molecule has 2 aliphatic heterocycles. The summed E-state index contributed by atoms with van der Waals surface area (Å²) in [5.74, 6) is 0.577. The Hall–Kier alpha value is -2.57. The van der Waals surface area contributed by atoms with Crippen LogP contribution in [-0.2, 0) is 16.0 Å². The number of rotatable bonds is 5. The molecule has 4 amide bonds. The first kappa shape index (κ1) is 16.3. The Kier molecular flexibility index (Phi) is 4.69. The minimum Gasteiger partial charge on any atom is -0.494 e. The van der Waals surface area contributed by atoms with Crippen molar-refractivity contribution in [3.05, 3.63) is 29.8 Å². The third-order valence-electron chi connectivity index (χ3n) is 4.35. The lowest BCUT2D eigenvalue weighted by Gasteiger charge is -2.21. The summed E-state index contributed by atoms with van der Waals surface area (Å²) in [5, 5.41) is 2.52. The summed E-state index contributed by atoms with van der Waals surface area (Å²) in [6.45, 7) is 3.56. The quantitative estimate of drug-likeness (QED) is 0.809. The van der Waals surface area contributed by atoms with Gasteiger partial charge in [-0.1, -0.05) is 12.1 Å². The van der Waals surface area contributed by atoms with E-state index in [0.29, 0.717) is 32.5 Å². The maximum Gasteiger partial charge on any atom is 0.324 e. The van der Waals surface area contributed by atoms with Crippen molar-refractivity contribution >= 4 is 17.8 Å². The topological polar surface area (TPSA) is 79.0 Å². The van der Waals surface area contributed by atoms with Crippen LogP contribution in [0, 0.1) is 0 Å². The molecule has 0 radical (unpaired) electrons. The lowest BCUT2D eigenvalue weighted by Crippen LogP contribution is -2.43. The largest absolute Gasteiger partial charge is 0.494 e. The second kappa shape index (κ2) is 6.90. The fraction of sp³-hybridized carbons (Fsp3) is 0.471. The molecule has 0 bridgehead atoms. The summed E-state index contributed by atoms with van der Waals surface area (Å²) < 4.78 is 5.39. The van der Waals surface area contributed by atoms with Crippen LogP contribution in [-0.4, -0.2) is 59.9 Å². The molecule has 2 fully saturated rings. The predicted molar refractivity (Wildman–Crippen MR) is 86.5 cm³/mol. The lowest BCUT2D eigenvalue weighted by molar-refractivity contribution is -0.131. The molecule has 0 aromatic heterocycles. The van der Waals surface area contributed by atoms with Crippen LogP contribution in [0.5, 0.6) is 5.75 Å². The average Bonchev–Trinajstić information content (AvgIpc) is 3.16. The van der Waals surface area contributed by atoms with Crippen LogP contribution in [0.1, 0.15) is 18.9 Å². The monoisotopic (exact) mass is 331 g/mol. The molecule has 1 unspecified atom stereocenters. The van der Waals surface area contributed by atoms with Gasteiger partial charge < -0.3 is 15.0 Å². The molecular weight excluding hydrogens is 310 g/mol. The van der Waals surface area contributed by atoms with E-state index < -0.39 is 0 Å². The average molecular weight is 331 g/mol. The van der Waals surface area contributed by atoms with Crippen LogP contribution < -0.4 is 10.1 Å². The van der Waals surface area contributed by atoms with Crippen molar-refractivity contribution in [3.8, 4) is 5.75 Å². The van der Waals surface area contributed by atoms with E-state index in [1.807, 2.05) is 31.2 Å². The highest BCUT2D eigenvalue weighted by molar-refractivity contribution is 6.02. The number of likely N-dealkylation sites (tertiary alicyclic amines) is 1. The summed E-state index contributed by atoms with van der Waals surface area (Å²) in [5.41, 5.74) is 0.918. The van der Waals surface area contributed by atoms with Gasteiger partial charge in [-0.2, -0.15) is 0 Å². The van der Waals surface area contributed by atoms with Crippen molar-refractivity contribution in [3.63, 3.8) is 0 Å². The van der Waals surface area contributed by atoms with Gasteiger partial charge >= 0.3 is 6.03 Å². The highest BCUT2D eigenvalue weighted by Gasteiger charge is 2.39. The predicted octanol–water partition coefficient (Wildman–Crippen LogP) is 0.780. The zero-order valence-corrected chi connectivity index (χ0v) is 13.7. The third kappa shape index (κ3) is 3.34. The van der Waals surface area contributed by atoms with Crippen molar-refractivity contribution in [1.29, 1.82) is 0 Å². The van der Waals surface area contributed by atoms with Gasteiger partial charge in [0.15, 0.2) is 0 Å². The van der Waals surface area contributed by atoms with Crippen LogP contribution in [0.25, 0.3) is 0 Å². The van der Waals surface area contributed by atoms with Gasteiger partial charge in [0.05, 0.1) is 25.6 Å². The molecule has 2 aliphatic rings. The first-order valence-corrected chi connectivity index (χ1v) is 8.18. The molecule has 3 rings (SSSR count). The first-order chi connectivity index (χ1) is 11.6. The first-order valence-electron chi connectivity index (χ1n) is 8.18. The number of nitrogens with zero attached hydrogens (tertiary/aromatic N) is 2. The number of benzene rings is 1. The van der Waals surface area contributed by atoms with Crippen LogP contribution in [0.15, 0.2) is 24.3 Å². The number of carbonyl (C=O) groups is 3. The van der Waals surface area contributed by atoms with E-state index in [-0.39, 0.29) is 30.4 Å². The number of hydrogen-bond acceptors (Lipinski definition) is 4. The summed E-state index contributed by atoms with van der Waals surface area (Å²) in [6, 6.07) is 6.90. The second-order valence-corrected chi connectivity index (χ2v) is 5.96. The van der Waals surface area contributed by atoms with Gasteiger partial charge in [0.2, 0.25) is 11.8 Å². The molecule has 1 aromatic rings. The zero-order chi connectivity index (χ0) is 17.1. The molecule has 0 saturated carbocycles. The summed E-state index contributed by atoms with van der Waals surface area (Å²) in [6.07, 6.45) is 0.938. The molecule has 7 heteroatoms. The molecule has 0 aliphatic carbocycles. The van der Waals surface area contributed by atoms with Crippen LogP contribution >= 0.6 is 0 Å². The Morgan fingerprint density at radius 1 is 1.29 bits per heavy atom. The van der Waals surface area contributed by atoms with E-state index in [9.17, 15) is 14.4 Å². The number of nitrogens with one attached hydrogen (secondary N) is 1. The van der Waals surface area contributed by atoms with Gasteiger partial charge in [0.25, 0.3) is 0 Å². The van der Waals surface area contributed by atoms with Gasteiger partial charge in [-0.05, 0) is 31.0 Å². The third-order valence-corrected chi connectivity index (χ3v) is 4.35. The number of hydrogen-bond donors (Lipinski definition) is 1. The van der Waals surface area contributed by atoms with Gasteiger partial charge in [0, 0.05) is 13.1 Å². The summed E-state index contributed by atoms with van der Waals surface area (Å²) in [4.78, 5) is 38.9. The highest BCUT2D eigenvalue weighted by atomic mass is 16.5. The Labute approximate surface area is 140 Å². The molecule has 1 N–H and O–H groups in total. The molecule has 7 nitrogen and oxygen atoms in total. The standard InChI is InChI=1S/C17H21N3O4/c1-2-24-14-5-3-12(4-6-14)9-15(21)19-8-7-13(11-19)20-16(22)10-18-17(20)23/h3-6,13H,2,7-11H2,1H3,(H,18,23). The van der Waals surface area contributed by atoms with Crippen molar-refractivity contribution in [1.82, 2.24) is 15.1 Å². The van der Waals surface area contributed by atoms with Crippen LogP contribution in [0.4, 0.5) is 4.79 Å². The molecule has 24 heavy (non-hydrogen) atoms. The normalized spacial score (nSPS) is 20.5. The number of amides is 4. The van der Waals surface area contributed by atoms with E-state index >= 15 is 0 Å². The van der Waals surface area contributed by atoms with Crippen LogP contribution in [0.2, 0.25) is 0 Å². The second-order valence-electron chi connectivity index (χ2n) is 5.96. The molecule has 128 valence electrons. The smallest absolute Gasteiger partial charge is 0.324 e. The number of carbonyl (C=O) groups excluding carboxylic acids is 3. The van der Waals surface area contributed by atoms with Gasteiger partial charge in [-0.3, -0.25) is 14.5 Å². The maximum atomic E-state index is 12.4.